The Labute approximate surface area is 161 Å². The monoisotopic (exact) mass is 377 g/mol. The van der Waals surface area contributed by atoms with E-state index < -0.39 is 22.9 Å². The first-order valence-corrected chi connectivity index (χ1v) is 8.90. The summed E-state index contributed by atoms with van der Waals surface area (Å²) in [6.07, 6.45) is 0. The molecule has 0 saturated heterocycles. The number of phenolic OH excluding ortho intramolecular Hbond substituents is 2. The number of aryl methyl sites for hydroxylation is 1. The summed E-state index contributed by atoms with van der Waals surface area (Å²) >= 11 is 0. The van der Waals surface area contributed by atoms with Crippen molar-refractivity contribution >= 4 is 23.0 Å². The molecule has 6 nitrogen and oxygen atoms in total. The van der Waals surface area contributed by atoms with E-state index in [4.69, 9.17) is 5.73 Å². The Morgan fingerprint density at radius 2 is 1.79 bits per heavy atom. The lowest BCUT2D eigenvalue weighted by atomic mass is 9.58. The lowest BCUT2D eigenvalue weighted by Gasteiger charge is -2.39. The molecule has 142 valence electrons. The van der Waals surface area contributed by atoms with Crippen LogP contribution in [0.2, 0.25) is 0 Å². The summed E-state index contributed by atoms with van der Waals surface area (Å²) in [4.78, 5) is 39.7. The number of Topliss-reactive ketones (excluding diaryl/α,β-unsaturated/α-hetero) is 3. The second-order valence-corrected chi connectivity index (χ2v) is 7.49. The van der Waals surface area contributed by atoms with Crippen molar-refractivity contribution in [1.29, 1.82) is 0 Å². The van der Waals surface area contributed by atoms with Gasteiger partial charge in [-0.2, -0.15) is 0 Å². The fourth-order valence-electron chi connectivity index (χ4n) is 4.63. The van der Waals surface area contributed by atoms with E-state index in [1.165, 1.54) is 31.2 Å². The van der Waals surface area contributed by atoms with Gasteiger partial charge in [0.25, 0.3) is 0 Å². The number of fused-ring (bicyclic) bond motifs is 4. The highest BCUT2D eigenvalue weighted by Gasteiger charge is 2.62. The van der Waals surface area contributed by atoms with E-state index in [1.54, 1.807) is 19.9 Å². The molecule has 0 radical (unpaired) electrons. The Kier molecular flexibility index (Phi) is 3.56. The molecule has 2 aliphatic carbocycles. The van der Waals surface area contributed by atoms with Crippen molar-refractivity contribution in [3.05, 3.63) is 63.7 Å². The Balaban J connectivity index is 2.22. The maximum absolute atomic E-state index is 13.8. The molecule has 4 rings (SSSR count). The van der Waals surface area contributed by atoms with Crippen LogP contribution in [-0.2, 0) is 10.2 Å². The van der Waals surface area contributed by atoms with Crippen molar-refractivity contribution in [2.45, 2.75) is 26.2 Å². The minimum Gasteiger partial charge on any atom is -0.508 e. The van der Waals surface area contributed by atoms with Crippen LogP contribution in [0.25, 0.3) is 5.70 Å². The predicted octanol–water partition coefficient (Wildman–Crippen LogP) is 2.63. The van der Waals surface area contributed by atoms with Gasteiger partial charge in [0.05, 0.1) is 5.56 Å². The number of carbonyl (C=O) groups is 3. The number of rotatable bonds is 2. The molecule has 0 spiro atoms. The third-order valence-corrected chi connectivity index (χ3v) is 5.97. The molecule has 6 heteroatoms. The van der Waals surface area contributed by atoms with Gasteiger partial charge in [-0.1, -0.05) is 19.1 Å². The van der Waals surface area contributed by atoms with Crippen molar-refractivity contribution in [2.24, 2.45) is 11.7 Å². The standard InChI is InChI=1S/C22H19NO5/c1-9-7-13-17(15(26)8-9)22(10(2)11(3)24)18(19(13)23)20(27)16-12(21(22)28)5-4-6-14(16)25/h4-8,10,25-26H,23H2,1-3H3/t10-,22+/m1/s1. The van der Waals surface area contributed by atoms with E-state index in [9.17, 15) is 24.6 Å². The predicted molar refractivity (Wildman–Crippen MR) is 102 cm³/mol. The van der Waals surface area contributed by atoms with E-state index >= 15 is 0 Å². The lowest BCUT2D eigenvalue weighted by Crippen LogP contribution is -2.50. The molecule has 2 atom stereocenters. The number of ketones is 3. The fraction of sp³-hybridized carbons (Fsp3) is 0.227. The van der Waals surface area contributed by atoms with E-state index in [1.807, 2.05) is 0 Å². The van der Waals surface area contributed by atoms with Gasteiger partial charge in [0.15, 0.2) is 11.6 Å². The van der Waals surface area contributed by atoms with Gasteiger partial charge < -0.3 is 15.9 Å². The summed E-state index contributed by atoms with van der Waals surface area (Å²) in [6, 6.07) is 7.41. The smallest absolute Gasteiger partial charge is 0.196 e. The summed E-state index contributed by atoms with van der Waals surface area (Å²) in [5, 5.41) is 21.0. The van der Waals surface area contributed by atoms with Gasteiger partial charge in [0.1, 0.15) is 22.7 Å². The second-order valence-electron chi connectivity index (χ2n) is 7.49. The molecule has 0 fully saturated rings. The number of hydrogen-bond acceptors (Lipinski definition) is 6. The van der Waals surface area contributed by atoms with Crippen molar-refractivity contribution in [3.8, 4) is 11.5 Å². The molecule has 0 saturated carbocycles. The van der Waals surface area contributed by atoms with E-state index in [2.05, 4.69) is 0 Å². The Morgan fingerprint density at radius 3 is 2.43 bits per heavy atom. The maximum atomic E-state index is 13.8. The number of aromatic hydroxyl groups is 2. The highest BCUT2D eigenvalue weighted by molar-refractivity contribution is 6.33. The minimum atomic E-state index is -1.72. The summed E-state index contributed by atoms with van der Waals surface area (Å²) in [5.74, 6) is -2.91. The van der Waals surface area contributed by atoms with Crippen molar-refractivity contribution in [2.75, 3.05) is 0 Å². The molecule has 0 unspecified atom stereocenters. The molecule has 2 aromatic carbocycles. The summed E-state index contributed by atoms with van der Waals surface area (Å²) in [6.45, 7) is 4.65. The highest BCUT2D eigenvalue weighted by atomic mass is 16.3. The molecule has 0 aliphatic heterocycles. The zero-order valence-electron chi connectivity index (χ0n) is 15.7. The van der Waals surface area contributed by atoms with E-state index in [0.717, 1.165) is 0 Å². The van der Waals surface area contributed by atoms with Crippen molar-refractivity contribution in [1.82, 2.24) is 0 Å². The maximum Gasteiger partial charge on any atom is 0.196 e. The van der Waals surface area contributed by atoms with Crippen molar-refractivity contribution < 1.29 is 24.6 Å². The van der Waals surface area contributed by atoms with Gasteiger partial charge in [-0.15, -0.1) is 0 Å². The quantitative estimate of drug-likeness (QED) is 0.740. The van der Waals surface area contributed by atoms with Gasteiger partial charge in [-0.05, 0) is 37.6 Å². The first kappa shape index (κ1) is 18.0. The first-order chi connectivity index (χ1) is 13.1. The molecule has 4 N–H and O–H groups in total. The van der Waals surface area contributed by atoms with Crippen molar-refractivity contribution in [3.63, 3.8) is 0 Å². The number of carbonyl (C=O) groups excluding carboxylic acids is 3. The third kappa shape index (κ3) is 1.89. The molecule has 2 aliphatic rings. The van der Waals surface area contributed by atoms with Crippen LogP contribution in [-0.4, -0.2) is 27.6 Å². The van der Waals surface area contributed by atoms with Crippen LogP contribution in [0.4, 0.5) is 0 Å². The van der Waals surface area contributed by atoms with Crippen LogP contribution in [0.15, 0.2) is 35.9 Å². The normalized spacial score (nSPS) is 21.2. The zero-order chi connectivity index (χ0) is 20.5. The van der Waals surface area contributed by atoms with Gasteiger partial charge in [0, 0.05) is 33.9 Å². The fourth-order valence-corrected chi connectivity index (χ4v) is 4.63. The lowest BCUT2D eigenvalue weighted by molar-refractivity contribution is -0.121. The average molecular weight is 377 g/mol. The molecule has 2 aromatic rings. The van der Waals surface area contributed by atoms with Crippen LogP contribution in [0.1, 0.15) is 51.3 Å². The number of nitrogens with two attached hydrogens (primary N) is 1. The van der Waals surface area contributed by atoms with Gasteiger partial charge in [0.2, 0.25) is 0 Å². The van der Waals surface area contributed by atoms with Gasteiger partial charge in [-0.3, -0.25) is 14.4 Å². The Hall–Kier alpha value is -3.41. The molecular formula is C22H19NO5. The summed E-state index contributed by atoms with van der Waals surface area (Å²) in [7, 11) is 0. The highest BCUT2D eigenvalue weighted by Crippen LogP contribution is 2.58. The Bertz CT molecular complexity index is 1140. The van der Waals surface area contributed by atoms with Crippen LogP contribution in [0, 0.1) is 12.8 Å². The summed E-state index contributed by atoms with van der Waals surface area (Å²) < 4.78 is 0. The first-order valence-electron chi connectivity index (χ1n) is 8.90. The minimum absolute atomic E-state index is 0.0162. The molecule has 0 heterocycles. The largest absolute Gasteiger partial charge is 0.508 e. The molecular weight excluding hydrogens is 358 g/mol. The molecule has 28 heavy (non-hydrogen) atoms. The average Bonchev–Trinajstić information content (AvgIpc) is 2.89. The molecule has 0 amide bonds. The number of hydrogen-bond donors (Lipinski definition) is 3. The van der Waals surface area contributed by atoms with Gasteiger partial charge in [-0.25, -0.2) is 0 Å². The topological polar surface area (TPSA) is 118 Å². The number of allylic oxidation sites excluding steroid dienone is 1. The molecule has 0 bridgehead atoms. The van der Waals surface area contributed by atoms with Gasteiger partial charge >= 0.3 is 0 Å². The van der Waals surface area contributed by atoms with E-state index in [-0.39, 0.29) is 45.2 Å². The number of benzene rings is 2. The SMILES string of the molecule is CC(=O)[C@@H](C)[C@@]12C(=O)c3cccc(O)c3C(=O)C1=C(N)c1cc(C)cc(O)c12. The van der Waals surface area contributed by atoms with Crippen LogP contribution >= 0.6 is 0 Å². The van der Waals surface area contributed by atoms with Crippen LogP contribution in [0.5, 0.6) is 11.5 Å². The molecule has 0 aromatic heterocycles. The second kappa shape index (κ2) is 5.55. The third-order valence-electron chi connectivity index (χ3n) is 5.97. The zero-order valence-corrected chi connectivity index (χ0v) is 15.7. The summed E-state index contributed by atoms with van der Waals surface area (Å²) in [5.41, 5.74) is 5.74. The van der Waals surface area contributed by atoms with E-state index in [0.29, 0.717) is 11.1 Å². The van der Waals surface area contributed by atoms with Crippen LogP contribution < -0.4 is 5.73 Å². The Morgan fingerprint density at radius 1 is 1.11 bits per heavy atom. The number of phenols is 2. The van der Waals surface area contributed by atoms with Crippen LogP contribution in [0.3, 0.4) is 0 Å².